The van der Waals surface area contributed by atoms with Crippen LogP contribution in [-0.4, -0.2) is 48.9 Å². The van der Waals surface area contributed by atoms with Gasteiger partial charge in [-0.1, -0.05) is 23.7 Å². The van der Waals surface area contributed by atoms with Gasteiger partial charge in [0.15, 0.2) is 9.84 Å². The predicted octanol–water partition coefficient (Wildman–Crippen LogP) is 2.40. The highest BCUT2D eigenvalue weighted by atomic mass is 35.5. The molecular formula is C19H23ClN2O6S2. The first kappa shape index (κ1) is 24.0. The van der Waals surface area contributed by atoms with Crippen LogP contribution in [0.4, 0.5) is 5.69 Å². The summed E-state index contributed by atoms with van der Waals surface area (Å²) in [6.07, 6.45) is 2.09. The average Bonchev–Trinajstić information content (AvgIpc) is 2.64. The fourth-order valence-electron chi connectivity index (χ4n) is 2.74. The monoisotopic (exact) mass is 474 g/mol. The summed E-state index contributed by atoms with van der Waals surface area (Å²) in [7, 11) is -5.76. The number of rotatable bonds is 8. The Morgan fingerprint density at radius 2 is 1.70 bits per heavy atom. The molecule has 11 heteroatoms. The van der Waals surface area contributed by atoms with Crippen molar-refractivity contribution < 1.29 is 26.4 Å². The number of sulfonamides is 1. The molecule has 0 spiro atoms. The summed E-state index contributed by atoms with van der Waals surface area (Å²) in [5, 5.41) is 3.00. The number of hydrogen-bond acceptors (Lipinski definition) is 6. The van der Waals surface area contributed by atoms with Crippen LogP contribution in [0.3, 0.4) is 0 Å². The van der Waals surface area contributed by atoms with Crippen molar-refractivity contribution in [3.05, 3.63) is 53.1 Å². The number of benzene rings is 2. The highest BCUT2D eigenvalue weighted by Crippen LogP contribution is 2.32. The van der Waals surface area contributed by atoms with E-state index in [0.29, 0.717) is 10.6 Å². The van der Waals surface area contributed by atoms with Crippen molar-refractivity contribution in [2.45, 2.75) is 17.9 Å². The van der Waals surface area contributed by atoms with Gasteiger partial charge in [-0.25, -0.2) is 16.8 Å². The molecule has 0 saturated heterocycles. The quantitative estimate of drug-likeness (QED) is 0.629. The van der Waals surface area contributed by atoms with Crippen molar-refractivity contribution in [1.82, 2.24) is 5.32 Å². The highest BCUT2D eigenvalue weighted by Gasteiger charge is 2.25. The van der Waals surface area contributed by atoms with Gasteiger partial charge in [0.05, 0.1) is 30.0 Å². The Kier molecular flexibility index (Phi) is 7.38. The van der Waals surface area contributed by atoms with Gasteiger partial charge >= 0.3 is 0 Å². The van der Waals surface area contributed by atoms with Crippen LogP contribution in [0.5, 0.6) is 5.75 Å². The Morgan fingerprint density at radius 3 is 2.20 bits per heavy atom. The second kappa shape index (κ2) is 9.23. The van der Waals surface area contributed by atoms with Crippen molar-refractivity contribution in [1.29, 1.82) is 0 Å². The third-order valence-corrected chi connectivity index (χ3v) is 6.77. The van der Waals surface area contributed by atoms with E-state index in [1.807, 2.05) is 0 Å². The van der Waals surface area contributed by atoms with Crippen LogP contribution in [0, 0.1) is 0 Å². The summed E-state index contributed by atoms with van der Waals surface area (Å²) in [4.78, 5) is 12.7. The maximum atomic E-state index is 12.6. The first-order chi connectivity index (χ1) is 13.8. The molecule has 0 aromatic heterocycles. The zero-order chi connectivity index (χ0) is 22.7. The van der Waals surface area contributed by atoms with Crippen LogP contribution in [-0.2, 0) is 24.7 Å². The normalized spacial score (nSPS) is 12.8. The van der Waals surface area contributed by atoms with E-state index in [1.54, 1.807) is 25.1 Å². The molecule has 30 heavy (non-hydrogen) atoms. The molecule has 0 aliphatic carbocycles. The summed E-state index contributed by atoms with van der Waals surface area (Å²) in [5.74, 6) is -0.302. The fraction of sp³-hybridized carbons (Fsp3) is 0.316. The molecule has 2 rings (SSSR count). The molecule has 2 aromatic rings. The van der Waals surface area contributed by atoms with Gasteiger partial charge in [0.2, 0.25) is 15.9 Å². The van der Waals surface area contributed by atoms with Crippen LogP contribution in [0.25, 0.3) is 0 Å². The van der Waals surface area contributed by atoms with Crippen LogP contribution < -0.4 is 14.4 Å². The van der Waals surface area contributed by atoms with E-state index in [4.69, 9.17) is 16.3 Å². The molecule has 164 valence electrons. The molecule has 1 atom stereocenters. The van der Waals surface area contributed by atoms with Crippen molar-refractivity contribution >= 4 is 43.1 Å². The lowest BCUT2D eigenvalue weighted by Crippen LogP contribution is -2.41. The molecule has 0 bridgehead atoms. The SMILES string of the molecule is COc1ccc(Cl)cc1N(CC(=O)N[C@H](C)c1ccc(S(C)(=O)=O)cc1)S(C)(=O)=O. The van der Waals surface area contributed by atoms with E-state index in [2.05, 4.69) is 5.32 Å². The van der Waals surface area contributed by atoms with Gasteiger partial charge in [0.1, 0.15) is 12.3 Å². The number of anilines is 1. The number of methoxy groups -OCH3 is 1. The largest absolute Gasteiger partial charge is 0.495 e. The van der Waals surface area contributed by atoms with Gasteiger partial charge in [0, 0.05) is 11.3 Å². The van der Waals surface area contributed by atoms with E-state index in [1.165, 1.54) is 31.4 Å². The first-order valence-electron chi connectivity index (χ1n) is 8.73. The molecule has 0 radical (unpaired) electrons. The Bertz CT molecular complexity index is 1130. The van der Waals surface area contributed by atoms with Crippen molar-refractivity contribution in [3.8, 4) is 5.75 Å². The lowest BCUT2D eigenvalue weighted by molar-refractivity contribution is -0.120. The minimum atomic E-state index is -3.82. The Balaban J connectivity index is 2.22. The number of ether oxygens (including phenoxy) is 1. The van der Waals surface area contributed by atoms with E-state index in [-0.39, 0.29) is 16.3 Å². The molecule has 1 amide bonds. The summed E-state index contributed by atoms with van der Waals surface area (Å²) in [6.45, 7) is 1.22. The van der Waals surface area contributed by atoms with Gasteiger partial charge in [0.25, 0.3) is 0 Å². The minimum absolute atomic E-state index is 0.146. The summed E-state index contributed by atoms with van der Waals surface area (Å²) in [5.41, 5.74) is 0.815. The van der Waals surface area contributed by atoms with Crippen molar-refractivity contribution in [2.24, 2.45) is 0 Å². The minimum Gasteiger partial charge on any atom is -0.495 e. The predicted molar refractivity (Wildman–Crippen MR) is 116 cm³/mol. The van der Waals surface area contributed by atoms with Crippen LogP contribution in [0.15, 0.2) is 47.4 Å². The number of nitrogens with one attached hydrogen (secondary N) is 1. The molecule has 0 aliphatic rings. The van der Waals surface area contributed by atoms with Gasteiger partial charge in [-0.3, -0.25) is 9.10 Å². The van der Waals surface area contributed by atoms with Gasteiger partial charge in [-0.2, -0.15) is 0 Å². The van der Waals surface area contributed by atoms with Gasteiger partial charge < -0.3 is 10.1 Å². The molecule has 8 nitrogen and oxygen atoms in total. The molecular weight excluding hydrogens is 452 g/mol. The second-order valence-corrected chi connectivity index (χ2v) is 11.1. The molecule has 0 saturated carbocycles. The average molecular weight is 475 g/mol. The number of hydrogen-bond donors (Lipinski definition) is 1. The summed E-state index contributed by atoms with van der Waals surface area (Å²) in [6, 6.07) is 10.1. The van der Waals surface area contributed by atoms with Crippen molar-refractivity contribution in [3.63, 3.8) is 0 Å². The third kappa shape index (κ3) is 6.10. The topological polar surface area (TPSA) is 110 Å². The highest BCUT2D eigenvalue weighted by molar-refractivity contribution is 7.92. The molecule has 0 aliphatic heterocycles. The summed E-state index contributed by atoms with van der Waals surface area (Å²) >= 11 is 5.99. The summed E-state index contributed by atoms with van der Waals surface area (Å²) < 4.78 is 53.9. The van der Waals surface area contributed by atoms with E-state index in [9.17, 15) is 21.6 Å². The molecule has 0 heterocycles. The molecule has 2 aromatic carbocycles. The maximum absolute atomic E-state index is 12.6. The zero-order valence-electron chi connectivity index (χ0n) is 16.9. The number of sulfone groups is 1. The molecule has 0 unspecified atom stereocenters. The Morgan fingerprint density at radius 1 is 1.10 bits per heavy atom. The van der Waals surface area contributed by atoms with Gasteiger partial charge in [-0.15, -0.1) is 0 Å². The zero-order valence-corrected chi connectivity index (χ0v) is 19.3. The van der Waals surface area contributed by atoms with E-state index in [0.717, 1.165) is 16.8 Å². The first-order valence-corrected chi connectivity index (χ1v) is 12.9. The van der Waals surface area contributed by atoms with Gasteiger partial charge in [-0.05, 0) is 42.8 Å². The smallest absolute Gasteiger partial charge is 0.241 e. The van der Waals surface area contributed by atoms with E-state index >= 15 is 0 Å². The number of nitrogens with zero attached hydrogens (tertiary/aromatic N) is 1. The Labute approximate surface area is 181 Å². The maximum Gasteiger partial charge on any atom is 0.241 e. The van der Waals surface area contributed by atoms with E-state index < -0.39 is 38.4 Å². The molecule has 0 fully saturated rings. The molecule has 1 N–H and O–H groups in total. The standard InChI is InChI=1S/C19H23ClN2O6S2/c1-13(14-5-8-16(9-6-14)29(3,24)25)21-19(23)12-22(30(4,26)27)17-11-15(20)7-10-18(17)28-2/h5-11,13H,12H2,1-4H3,(H,21,23)/t13-/m1/s1. The lowest BCUT2D eigenvalue weighted by atomic mass is 10.1. The third-order valence-electron chi connectivity index (χ3n) is 4.28. The second-order valence-electron chi connectivity index (χ2n) is 6.72. The number of carbonyl (C=O) groups is 1. The van der Waals surface area contributed by atoms with Crippen LogP contribution in [0.2, 0.25) is 5.02 Å². The van der Waals surface area contributed by atoms with Crippen molar-refractivity contribution in [2.75, 3.05) is 30.5 Å². The lowest BCUT2D eigenvalue weighted by Gasteiger charge is -2.25. The fourth-order valence-corrected chi connectivity index (χ4v) is 4.39. The number of amides is 1. The number of carbonyl (C=O) groups excluding carboxylic acids is 1. The number of halogens is 1. The van der Waals surface area contributed by atoms with Crippen LogP contribution in [0.1, 0.15) is 18.5 Å². The van der Waals surface area contributed by atoms with Crippen LogP contribution >= 0.6 is 11.6 Å². The Hall–Kier alpha value is -2.30.